The van der Waals surface area contributed by atoms with Gasteiger partial charge >= 0.3 is 0 Å². The molecule has 4 heteroatoms. The number of rotatable bonds is 7. The second kappa shape index (κ2) is 8.75. The van der Waals surface area contributed by atoms with Gasteiger partial charge in [0.05, 0.1) is 0 Å². The lowest BCUT2D eigenvalue weighted by molar-refractivity contribution is -0.128. The van der Waals surface area contributed by atoms with Gasteiger partial charge in [-0.3, -0.25) is 4.79 Å². The minimum atomic E-state index is -0.472. The zero-order chi connectivity index (χ0) is 18.4. The summed E-state index contributed by atoms with van der Waals surface area (Å²) in [7, 11) is 0. The Bertz CT molecular complexity index is 721. The third-order valence-electron chi connectivity index (χ3n) is 4.90. The molecule has 0 radical (unpaired) electrons. The maximum Gasteiger partial charge on any atom is 0.261 e. The van der Waals surface area contributed by atoms with Crippen LogP contribution in [0, 0.1) is 6.92 Å². The van der Waals surface area contributed by atoms with E-state index in [9.17, 15) is 4.79 Å². The van der Waals surface area contributed by atoms with E-state index in [0.29, 0.717) is 13.0 Å². The summed E-state index contributed by atoms with van der Waals surface area (Å²) in [5.74, 6) is 0.698. The van der Waals surface area contributed by atoms with Gasteiger partial charge in [-0.15, -0.1) is 0 Å². The highest BCUT2D eigenvalue weighted by molar-refractivity contribution is 5.81. The molecule has 0 aromatic heterocycles. The summed E-state index contributed by atoms with van der Waals surface area (Å²) < 4.78 is 5.91. The van der Waals surface area contributed by atoms with Crippen molar-refractivity contribution in [3.8, 4) is 5.75 Å². The normalized spacial score (nSPS) is 14.9. The van der Waals surface area contributed by atoms with Crippen LogP contribution in [0.2, 0.25) is 0 Å². The van der Waals surface area contributed by atoms with Crippen molar-refractivity contribution >= 4 is 11.6 Å². The second-order valence-corrected chi connectivity index (χ2v) is 6.86. The largest absolute Gasteiger partial charge is 0.480 e. The van der Waals surface area contributed by atoms with Gasteiger partial charge < -0.3 is 15.0 Å². The van der Waals surface area contributed by atoms with E-state index in [2.05, 4.69) is 34.5 Å². The van der Waals surface area contributed by atoms with Gasteiger partial charge in [0, 0.05) is 25.3 Å². The SMILES string of the molecule is CC[C@@H](Oc1ccccc1C)C(=O)NCc1ccc(N2CCCC2)cc1. The molecule has 1 N–H and O–H groups in total. The van der Waals surface area contributed by atoms with E-state index in [1.54, 1.807) is 0 Å². The van der Waals surface area contributed by atoms with Crippen LogP contribution in [-0.2, 0) is 11.3 Å². The van der Waals surface area contributed by atoms with Crippen LogP contribution in [0.5, 0.6) is 5.75 Å². The smallest absolute Gasteiger partial charge is 0.261 e. The first-order chi connectivity index (χ1) is 12.7. The number of para-hydroxylation sites is 1. The fraction of sp³-hybridized carbons (Fsp3) is 0.409. The lowest BCUT2D eigenvalue weighted by Crippen LogP contribution is -2.37. The molecule has 0 spiro atoms. The molecule has 2 aromatic carbocycles. The van der Waals surface area contributed by atoms with Gasteiger partial charge in [-0.1, -0.05) is 37.3 Å². The highest BCUT2D eigenvalue weighted by atomic mass is 16.5. The third-order valence-corrected chi connectivity index (χ3v) is 4.90. The zero-order valence-electron chi connectivity index (χ0n) is 15.7. The Labute approximate surface area is 156 Å². The Morgan fingerprint density at radius 3 is 2.46 bits per heavy atom. The van der Waals surface area contributed by atoms with Crippen LogP contribution >= 0.6 is 0 Å². The fourth-order valence-electron chi connectivity index (χ4n) is 3.27. The number of hydrogen-bond acceptors (Lipinski definition) is 3. The van der Waals surface area contributed by atoms with Crippen molar-refractivity contribution in [2.45, 2.75) is 45.8 Å². The molecule has 3 rings (SSSR count). The summed E-state index contributed by atoms with van der Waals surface area (Å²) in [4.78, 5) is 14.9. The van der Waals surface area contributed by atoms with Crippen LogP contribution in [0.15, 0.2) is 48.5 Å². The van der Waals surface area contributed by atoms with Crippen LogP contribution in [0.25, 0.3) is 0 Å². The summed E-state index contributed by atoms with van der Waals surface area (Å²) >= 11 is 0. The maximum atomic E-state index is 12.5. The summed E-state index contributed by atoms with van der Waals surface area (Å²) in [6.45, 7) is 6.76. The number of aryl methyl sites for hydroxylation is 1. The lowest BCUT2D eigenvalue weighted by Gasteiger charge is -2.19. The number of amides is 1. The Hall–Kier alpha value is -2.49. The summed E-state index contributed by atoms with van der Waals surface area (Å²) in [6.07, 6.45) is 2.71. The molecule has 0 unspecified atom stereocenters. The van der Waals surface area contributed by atoms with Crippen LogP contribution in [0.3, 0.4) is 0 Å². The first-order valence-electron chi connectivity index (χ1n) is 9.51. The van der Waals surface area contributed by atoms with Crippen molar-refractivity contribution in [2.75, 3.05) is 18.0 Å². The quantitative estimate of drug-likeness (QED) is 0.817. The van der Waals surface area contributed by atoms with Crippen molar-refractivity contribution in [2.24, 2.45) is 0 Å². The number of nitrogens with one attached hydrogen (secondary N) is 1. The number of carbonyl (C=O) groups is 1. The number of nitrogens with zero attached hydrogens (tertiary/aromatic N) is 1. The number of hydrogen-bond donors (Lipinski definition) is 1. The molecule has 1 aliphatic rings. The van der Waals surface area contributed by atoms with Gasteiger partial charge in [-0.05, 0) is 55.5 Å². The van der Waals surface area contributed by atoms with Crippen molar-refractivity contribution in [1.29, 1.82) is 0 Å². The van der Waals surface area contributed by atoms with Gasteiger partial charge in [0.15, 0.2) is 6.10 Å². The summed E-state index contributed by atoms with van der Waals surface area (Å²) in [6, 6.07) is 16.3. The highest BCUT2D eigenvalue weighted by Gasteiger charge is 2.19. The standard InChI is InChI=1S/C22H28N2O2/c1-3-20(26-21-9-5-4-8-17(21)2)22(25)23-16-18-10-12-19(13-11-18)24-14-6-7-15-24/h4-5,8-13,20H,3,6-7,14-16H2,1-2H3,(H,23,25)/t20-/m1/s1. The van der Waals surface area contributed by atoms with Gasteiger partial charge in [-0.2, -0.15) is 0 Å². The van der Waals surface area contributed by atoms with E-state index in [0.717, 1.165) is 30.0 Å². The molecule has 2 aromatic rings. The van der Waals surface area contributed by atoms with Crippen LogP contribution in [-0.4, -0.2) is 25.1 Å². The van der Waals surface area contributed by atoms with Gasteiger partial charge in [0.2, 0.25) is 0 Å². The Morgan fingerprint density at radius 2 is 1.81 bits per heavy atom. The zero-order valence-corrected chi connectivity index (χ0v) is 15.7. The third kappa shape index (κ3) is 4.57. The predicted molar refractivity (Wildman–Crippen MR) is 106 cm³/mol. The van der Waals surface area contributed by atoms with Gasteiger partial charge in [0.1, 0.15) is 5.75 Å². The molecule has 138 valence electrons. The van der Waals surface area contributed by atoms with E-state index < -0.39 is 6.10 Å². The van der Waals surface area contributed by atoms with E-state index >= 15 is 0 Å². The van der Waals surface area contributed by atoms with Crippen LogP contribution < -0.4 is 15.0 Å². The molecular formula is C22H28N2O2. The molecule has 1 atom stereocenters. The molecule has 1 amide bonds. The number of benzene rings is 2. The number of anilines is 1. The first kappa shape index (κ1) is 18.3. The van der Waals surface area contributed by atoms with Crippen molar-refractivity contribution in [3.63, 3.8) is 0 Å². The summed E-state index contributed by atoms with van der Waals surface area (Å²) in [5.41, 5.74) is 3.41. The number of ether oxygens (including phenoxy) is 1. The molecule has 1 aliphatic heterocycles. The molecule has 0 saturated carbocycles. The molecule has 0 bridgehead atoms. The monoisotopic (exact) mass is 352 g/mol. The van der Waals surface area contributed by atoms with Crippen LogP contribution in [0.4, 0.5) is 5.69 Å². The minimum Gasteiger partial charge on any atom is -0.480 e. The van der Waals surface area contributed by atoms with Crippen molar-refractivity contribution < 1.29 is 9.53 Å². The van der Waals surface area contributed by atoms with Crippen molar-refractivity contribution in [3.05, 3.63) is 59.7 Å². The van der Waals surface area contributed by atoms with E-state index in [4.69, 9.17) is 4.74 Å². The topological polar surface area (TPSA) is 41.6 Å². The van der Waals surface area contributed by atoms with E-state index in [-0.39, 0.29) is 5.91 Å². The van der Waals surface area contributed by atoms with E-state index in [1.165, 1.54) is 18.5 Å². The molecule has 1 fully saturated rings. The highest BCUT2D eigenvalue weighted by Crippen LogP contribution is 2.21. The maximum absolute atomic E-state index is 12.5. The van der Waals surface area contributed by atoms with Gasteiger partial charge in [-0.25, -0.2) is 0 Å². The van der Waals surface area contributed by atoms with Crippen molar-refractivity contribution in [1.82, 2.24) is 5.32 Å². The number of carbonyl (C=O) groups excluding carboxylic acids is 1. The average molecular weight is 352 g/mol. The average Bonchev–Trinajstić information content (AvgIpc) is 3.20. The second-order valence-electron chi connectivity index (χ2n) is 6.86. The fourth-order valence-corrected chi connectivity index (χ4v) is 3.27. The molecule has 26 heavy (non-hydrogen) atoms. The molecule has 1 heterocycles. The molecule has 0 aliphatic carbocycles. The Kier molecular flexibility index (Phi) is 6.16. The Morgan fingerprint density at radius 1 is 1.12 bits per heavy atom. The molecule has 4 nitrogen and oxygen atoms in total. The minimum absolute atomic E-state index is 0.0700. The molecular weight excluding hydrogens is 324 g/mol. The van der Waals surface area contributed by atoms with Gasteiger partial charge in [0.25, 0.3) is 5.91 Å². The van der Waals surface area contributed by atoms with E-state index in [1.807, 2.05) is 38.1 Å². The predicted octanol–water partition coefficient (Wildman–Crippen LogP) is 4.07. The lowest BCUT2D eigenvalue weighted by atomic mass is 10.1. The molecule has 1 saturated heterocycles. The Balaban J connectivity index is 1.54. The summed E-state index contributed by atoms with van der Waals surface area (Å²) in [5, 5.41) is 3.00. The van der Waals surface area contributed by atoms with Crippen LogP contribution in [0.1, 0.15) is 37.3 Å². The first-order valence-corrected chi connectivity index (χ1v) is 9.51.